The van der Waals surface area contributed by atoms with Crippen molar-refractivity contribution in [2.24, 2.45) is 5.73 Å². The SMILES string of the molecule is Cc1cc(F)ccc1-n1cc(O)c(C(=O)N2CCCC(N)C2)n1. The number of aromatic hydroxyl groups is 1. The lowest BCUT2D eigenvalue weighted by Crippen LogP contribution is -2.45. The molecule has 122 valence electrons. The summed E-state index contributed by atoms with van der Waals surface area (Å²) in [5, 5.41) is 14.3. The molecule has 0 spiro atoms. The van der Waals surface area contributed by atoms with Crippen molar-refractivity contribution in [3.63, 3.8) is 0 Å². The summed E-state index contributed by atoms with van der Waals surface area (Å²) >= 11 is 0. The number of benzene rings is 1. The highest BCUT2D eigenvalue weighted by Gasteiger charge is 2.27. The smallest absolute Gasteiger partial charge is 0.278 e. The van der Waals surface area contributed by atoms with Crippen LogP contribution < -0.4 is 5.73 Å². The van der Waals surface area contributed by atoms with Crippen LogP contribution in [0.2, 0.25) is 0 Å². The number of carbonyl (C=O) groups is 1. The summed E-state index contributed by atoms with van der Waals surface area (Å²) in [6.07, 6.45) is 3.09. The van der Waals surface area contributed by atoms with Crippen LogP contribution in [0.5, 0.6) is 5.75 Å². The normalized spacial score (nSPS) is 18.2. The first-order chi connectivity index (χ1) is 11.0. The van der Waals surface area contributed by atoms with Gasteiger partial charge in [-0.2, -0.15) is 5.10 Å². The highest BCUT2D eigenvalue weighted by atomic mass is 19.1. The van der Waals surface area contributed by atoms with Gasteiger partial charge in [-0.1, -0.05) is 0 Å². The number of aromatic nitrogens is 2. The van der Waals surface area contributed by atoms with Crippen LogP contribution in [0.4, 0.5) is 4.39 Å². The van der Waals surface area contributed by atoms with Gasteiger partial charge in [0.2, 0.25) is 0 Å². The van der Waals surface area contributed by atoms with Gasteiger partial charge in [0.15, 0.2) is 11.4 Å². The number of hydrogen-bond donors (Lipinski definition) is 2. The van der Waals surface area contributed by atoms with Crippen LogP contribution in [0.1, 0.15) is 28.9 Å². The van der Waals surface area contributed by atoms with Gasteiger partial charge < -0.3 is 15.7 Å². The molecule has 0 aliphatic carbocycles. The van der Waals surface area contributed by atoms with Gasteiger partial charge in [-0.05, 0) is 43.5 Å². The molecule has 1 saturated heterocycles. The Labute approximate surface area is 133 Å². The van der Waals surface area contributed by atoms with Crippen LogP contribution in [0.25, 0.3) is 5.69 Å². The summed E-state index contributed by atoms with van der Waals surface area (Å²) < 4.78 is 14.6. The number of hydrogen-bond acceptors (Lipinski definition) is 4. The second-order valence-corrected chi connectivity index (χ2v) is 5.89. The Morgan fingerprint density at radius 1 is 1.48 bits per heavy atom. The number of carbonyl (C=O) groups excluding carboxylic acids is 1. The molecule has 7 heteroatoms. The Bertz CT molecular complexity index is 744. The maximum atomic E-state index is 13.2. The first-order valence-electron chi connectivity index (χ1n) is 7.55. The number of nitrogens with two attached hydrogens (primary N) is 1. The molecule has 3 N–H and O–H groups in total. The van der Waals surface area contributed by atoms with Gasteiger partial charge >= 0.3 is 0 Å². The molecule has 1 amide bonds. The molecule has 0 radical (unpaired) electrons. The molecule has 1 fully saturated rings. The molecule has 23 heavy (non-hydrogen) atoms. The van der Waals surface area contributed by atoms with Gasteiger partial charge in [0.1, 0.15) is 5.82 Å². The van der Waals surface area contributed by atoms with E-state index in [1.54, 1.807) is 17.9 Å². The van der Waals surface area contributed by atoms with Crippen LogP contribution >= 0.6 is 0 Å². The maximum Gasteiger partial charge on any atom is 0.278 e. The lowest BCUT2D eigenvalue weighted by Gasteiger charge is -2.30. The van der Waals surface area contributed by atoms with Crippen molar-refractivity contribution < 1.29 is 14.3 Å². The molecule has 2 heterocycles. The third-order valence-corrected chi connectivity index (χ3v) is 4.05. The van der Waals surface area contributed by atoms with Crippen molar-refractivity contribution in [3.8, 4) is 11.4 Å². The molecule has 1 aliphatic heterocycles. The first kappa shape index (κ1) is 15.5. The van der Waals surface area contributed by atoms with Crippen molar-refractivity contribution in [2.45, 2.75) is 25.8 Å². The minimum absolute atomic E-state index is 0.0113. The number of amides is 1. The average molecular weight is 318 g/mol. The molecule has 1 aromatic carbocycles. The van der Waals surface area contributed by atoms with Gasteiger partial charge in [0, 0.05) is 19.1 Å². The van der Waals surface area contributed by atoms with Gasteiger partial charge in [0.05, 0.1) is 11.9 Å². The fraction of sp³-hybridized carbons (Fsp3) is 0.375. The van der Waals surface area contributed by atoms with E-state index in [1.165, 1.54) is 23.0 Å². The van der Waals surface area contributed by atoms with Gasteiger partial charge in [-0.25, -0.2) is 9.07 Å². The minimum Gasteiger partial charge on any atom is -0.504 e. The minimum atomic E-state index is -0.346. The van der Waals surface area contributed by atoms with E-state index < -0.39 is 0 Å². The predicted molar refractivity (Wildman–Crippen MR) is 83.0 cm³/mol. The zero-order valence-corrected chi connectivity index (χ0v) is 12.9. The zero-order chi connectivity index (χ0) is 16.6. The highest BCUT2D eigenvalue weighted by molar-refractivity contribution is 5.95. The van der Waals surface area contributed by atoms with Crippen molar-refractivity contribution >= 4 is 5.91 Å². The molecule has 1 unspecified atom stereocenters. The molecular formula is C16H19FN4O2. The van der Waals surface area contributed by atoms with Crippen LogP contribution in [-0.4, -0.2) is 44.8 Å². The van der Waals surface area contributed by atoms with Gasteiger partial charge in [0.25, 0.3) is 5.91 Å². The molecule has 1 atom stereocenters. The van der Waals surface area contributed by atoms with E-state index in [0.29, 0.717) is 24.3 Å². The van der Waals surface area contributed by atoms with Crippen LogP contribution in [0.15, 0.2) is 24.4 Å². The molecule has 0 bridgehead atoms. The fourth-order valence-corrected chi connectivity index (χ4v) is 2.86. The number of halogens is 1. The average Bonchev–Trinajstić information content (AvgIpc) is 2.88. The number of likely N-dealkylation sites (tertiary alicyclic amines) is 1. The quantitative estimate of drug-likeness (QED) is 0.880. The molecule has 3 rings (SSSR count). The monoisotopic (exact) mass is 318 g/mol. The van der Waals surface area contributed by atoms with Crippen LogP contribution in [0, 0.1) is 12.7 Å². The molecule has 1 aliphatic rings. The maximum absolute atomic E-state index is 13.2. The van der Waals surface area contributed by atoms with Gasteiger partial charge in [-0.15, -0.1) is 0 Å². The topological polar surface area (TPSA) is 84.4 Å². The summed E-state index contributed by atoms with van der Waals surface area (Å²) in [7, 11) is 0. The summed E-state index contributed by atoms with van der Waals surface area (Å²) in [6.45, 7) is 2.80. The molecule has 0 saturated carbocycles. The summed E-state index contributed by atoms with van der Waals surface area (Å²) in [5.74, 6) is -0.879. The fourth-order valence-electron chi connectivity index (χ4n) is 2.86. The summed E-state index contributed by atoms with van der Waals surface area (Å²) in [4.78, 5) is 14.1. The van der Waals surface area contributed by atoms with E-state index >= 15 is 0 Å². The largest absolute Gasteiger partial charge is 0.504 e. The lowest BCUT2D eigenvalue weighted by atomic mass is 10.1. The van der Waals surface area contributed by atoms with E-state index in [2.05, 4.69) is 5.10 Å². The number of rotatable bonds is 2. The van der Waals surface area contributed by atoms with E-state index in [0.717, 1.165) is 12.8 Å². The standard InChI is InChI=1S/C16H19FN4O2/c1-10-7-11(17)4-5-13(10)21-9-14(22)15(19-21)16(23)20-6-2-3-12(18)8-20/h4-5,7,9,12,22H,2-3,6,8,18H2,1H3. The highest BCUT2D eigenvalue weighted by Crippen LogP contribution is 2.23. The van der Waals surface area contributed by atoms with Crippen molar-refractivity contribution in [2.75, 3.05) is 13.1 Å². The Balaban J connectivity index is 1.90. The van der Waals surface area contributed by atoms with Crippen molar-refractivity contribution in [1.82, 2.24) is 14.7 Å². The molecule has 1 aromatic heterocycles. The first-order valence-corrected chi connectivity index (χ1v) is 7.55. The lowest BCUT2D eigenvalue weighted by molar-refractivity contribution is 0.0699. The van der Waals surface area contributed by atoms with Crippen molar-refractivity contribution in [3.05, 3.63) is 41.5 Å². The van der Waals surface area contributed by atoms with Gasteiger partial charge in [-0.3, -0.25) is 4.79 Å². The molecule has 2 aromatic rings. The summed E-state index contributed by atoms with van der Waals surface area (Å²) in [6, 6.07) is 4.20. The number of piperidine rings is 1. The Morgan fingerprint density at radius 2 is 2.26 bits per heavy atom. The number of nitrogens with zero attached hydrogens (tertiary/aromatic N) is 3. The Hall–Kier alpha value is -2.41. The second-order valence-electron chi connectivity index (χ2n) is 5.89. The van der Waals surface area contributed by atoms with E-state index in [4.69, 9.17) is 5.73 Å². The Morgan fingerprint density at radius 3 is 2.96 bits per heavy atom. The number of aryl methyl sites for hydroxylation is 1. The molecule has 6 nitrogen and oxygen atoms in total. The molecular weight excluding hydrogens is 299 g/mol. The van der Waals surface area contributed by atoms with Crippen molar-refractivity contribution in [1.29, 1.82) is 0 Å². The van der Waals surface area contributed by atoms with E-state index in [-0.39, 0.29) is 29.2 Å². The van der Waals surface area contributed by atoms with E-state index in [9.17, 15) is 14.3 Å². The van der Waals surface area contributed by atoms with Crippen LogP contribution in [-0.2, 0) is 0 Å². The summed E-state index contributed by atoms with van der Waals surface area (Å²) in [5.41, 5.74) is 7.15. The zero-order valence-electron chi connectivity index (χ0n) is 12.9. The Kier molecular flexibility index (Phi) is 4.04. The predicted octanol–water partition coefficient (Wildman–Crippen LogP) is 1.59. The second kappa shape index (κ2) is 6.00. The third-order valence-electron chi connectivity index (χ3n) is 4.05. The van der Waals surface area contributed by atoms with Crippen LogP contribution in [0.3, 0.4) is 0 Å². The van der Waals surface area contributed by atoms with E-state index in [1.807, 2.05) is 0 Å². The third kappa shape index (κ3) is 3.05.